The Morgan fingerprint density at radius 1 is 1.06 bits per heavy atom. The molecule has 0 bridgehead atoms. The van der Waals surface area contributed by atoms with Gasteiger partial charge in [-0.15, -0.1) is 0 Å². The SMILES string of the molecule is C[Si](C)(C)CCO[C@@H]1OC(CO)[C@H](O)C(O)C1O. The number of ether oxygens (including phenoxy) is 2. The highest BCUT2D eigenvalue weighted by atomic mass is 28.3. The van der Waals surface area contributed by atoms with Gasteiger partial charge in [-0.05, 0) is 6.04 Å². The van der Waals surface area contributed by atoms with Crippen molar-refractivity contribution in [1.82, 2.24) is 0 Å². The maximum Gasteiger partial charge on any atom is 0.186 e. The predicted molar refractivity (Wildman–Crippen MR) is 67.9 cm³/mol. The lowest BCUT2D eigenvalue weighted by atomic mass is 9.99. The van der Waals surface area contributed by atoms with E-state index in [1.165, 1.54) is 0 Å². The van der Waals surface area contributed by atoms with Crippen molar-refractivity contribution in [3.63, 3.8) is 0 Å². The second-order valence-corrected chi connectivity index (χ2v) is 11.5. The zero-order valence-electron chi connectivity index (χ0n) is 11.1. The first-order valence-electron chi connectivity index (χ1n) is 6.18. The normalized spacial score (nSPS) is 37.8. The smallest absolute Gasteiger partial charge is 0.186 e. The van der Waals surface area contributed by atoms with Gasteiger partial charge in [0, 0.05) is 14.7 Å². The maximum atomic E-state index is 9.72. The quantitative estimate of drug-likeness (QED) is 0.489. The van der Waals surface area contributed by atoms with Crippen molar-refractivity contribution in [1.29, 1.82) is 0 Å². The van der Waals surface area contributed by atoms with E-state index in [1.54, 1.807) is 0 Å². The summed E-state index contributed by atoms with van der Waals surface area (Å²) in [5.41, 5.74) is 0. The Bertz CT molecular complexity index is 254. The van der Waals surface area contributed by atoms with E-state index in [0.29, 0.717) is 6.61 Å². The highest BCUT2D eigenvalue weighted by molar-refractivity contribution is 6.76. The van der Waals surface area contributed by atoms with Gasteiger partial charge in [-0.1, -0.05) is 19.6 Å². The Morgan fingerprint density at radius 2 is 1.67 bits per heavy atom. The molecule has 5 atom stereocenters. The molecule has 1 rings (SSSR count). The van der Waals surface area contributed by atoms with E-state index in [1.807, 2.05) is 0 Å². The van der Waals surface area contributed by atoms with Gasteiger partial charge in [0.05, 0.1) is 6.61 Å². The molecule has 1 aliphatic heterocycles. The molecular formula is C11H24O6Si. The van der Waals surface area contributed by atoms with E-state index in [0.717, 1.165) is 6.04 Å². The summed E-state index contributed by atoms with van der Waals surface area (Å²) in [5, 5.41) is 37.9. The van der Waals surface area contributed by atoms with Crippen molar-refractivity contribution in [3.05, 3.63) is 0 Å². The lowest BCUT2D eigenvalue weighted by Gasteiger charge is -2.39. The van der Waals surface area contributed by atoms with Gasteiger partial charge in [0.25, 0.3) is 0 Å². The minimum atomic E-state index is -1.37. The first kappa shape index (κ1) is 16.0. The van der Waals surface area contributed by atoms with Crippen LogP contribution < -0.4 is 0 Å². The molecular weight excluding hydrogens is 256 g/mol. The van der Waals surface area contributed by atoms with Gasteiger partial charge in [-0.25, -0.2) is 0 Å². The van der Waals surface area contributed by atoms with Crippen LogP contribution >= 0.6 is 0 Å². The summed E-state index contributed by atoms with van der Waals surface area (Å²) >= 11 is 0. The van der Waals surface area contributed by atoms with Gasteiger partial charge >= 0.3 is 0 Å². The number of rotatable bonds is 5. The third-order valence-corrected chi connectivity index (χ3v) is 4.69. The Morgan fingerprint density at radius 3 is 2.17 bits per heavy atom. The van der Waals surface area contributed by atoms with Crippen molar-refractivity contribution in [2.24, 2.45) is 0 Å². The Kier molecular flexibility index (Phi) is 5.72. The lowest BCUT2D eigenvalue weighted by molar-refractivity contribution is -0.300. The summed E-state index contributed by atoms with van der Waals surface area (Å²) in [7, 11) is -1.24. The predicted octanol–water partition coefficient (Wildman–Crippen LogP) is -0.859. The average molecular weight is 280 g/mol. The Hall–Kier alpha value is -0.0231. The molecule has 0 aromatic heterocycles. The zero-order valence-corrected chi connectivity index (χ0v) is 12.1. The van der Waals surface area contributed by atoms with Crippen molar-refractivity contribution < 1.29 is 29.9 Å². The Labute approximate surface area is 108 Å². The van der Waals surface area contributed by atoms with Gasteiger partial charge in [-0.2, -0.15) is 0 Å². The maximum absolute atomic E-state index is 9.72. The van der Waals surface area contributed by atoms with E-state index in [4.69, 9.17) is 14.6 Å². The van der Waals surface area contributed by atoms with Crippen LogP contribution in [0.25, 0.3) is 0 Å². The minimum absolute atomic E-state index is 0.429. The third-order valence-electron chi connectivity index (χ3n) is 2.98. The summed E-state index contributed by atoms with van der Waals surface area (Å²) in [4.78, 5) is 0. The van der Waals surface area contributed by atoms with Gasteiger partial charge in [0.1, 0.15) is 24.4 Å². The van der Waals surface area contributed by atoms with Crippen molar-refractivity contribution in [2.45, 2.75) is 56.4 Å². The number of aliphatic hydroxyl groups is 4. The second-order valence-electron chi connectivity index (χ2n) is 5.88. The molecule has 0 radical (unpaired) electrons. The largest absolute Gasteiger partial charge is 0.394 e. The van der Waals surface area contributed by atoms with Crippen LogP contribution in [0.4, 0.5) is 0 Å². The van der Waals surface area contributed by atoms with E-state index in [-0.39, 0.29) is 0 Å². The average Bonchev–Trinajstić information content (AvgIpc) is 2.27. The summed E-state index contributed by atoms with van der Waals surface area (Å²) in [6.07, 6.45) is -5.91. The van der Waals surface area contributed by atoms with Crippen LogP contribution in [0.15, 0.2) is 0 Å². The highest BCUT2D eigenvalue weighted by Gasteiger charge is 2.43. The molecule has 1 heterocycles. The van der Waals surface area contributed by atoms with Crippen LogP contribution in [0.1, 0.15) is 0 Å². The summed E-state index contributed by atoms with van der Waals surface area (Å²) in [6.45, 7) is 6.59. The van der Waals surface area contributed by atoms with Crippen molar-refractivity contribution >= 4 is 8.07 Å². The molecule has 4 N–H and O–H groups in total. The van der Waals surface area contributed by atoms with Crippen LogP contribution in [-0.2, 0) is 9.47 Å². The topological polar surface area (TPSA) is 99.4 Å². The third kappa shape index (κ3) is 4.27. The molecule has 0 aromatic rings. The molecule has 3 unspecified atom stereocenters. The minimum Gasteiger partial charge on any atom is -0.394 e. The summed E-state index contributed by atoms with van der Waals surface area (Å²) in [5.74, 6) is 0. The highest BCUT2D eigenvalue weighted by Crippen LogP contribution is 2.22. The number of aliphatic hydroxyl groups excluding tert-OH is 4. The summed E-state index contributed by atoms with van der Waals surface area (Å²) < 4.78 is 10.6. The molecule has 108 valence electrons. The molecule has 0 spiro atoms. The van der Waals surface area contributed by atoms with Crippen molar-refractivity contribution in [2.75, 3.05) is 13.2 Å². The van der Waals surface area contributed by atoms with Crippen LogP contribution in [0.2, 0.25) is 25.7 Å². The monoisotopic (exact) mass is 280 g/mol. The van der Waals surface area contributed by atoms with Crippen LogP contribution in [0.5, 0.6) is 0 Å². The number of hydrogen-bond donors (Lipinski definition) is 4. The van der Waals surface area contributed by atoms with E-state index in [9.17, 15) is 15.3 Å². The fraction of sp³-hybridized carbons (Fsp3) is 1.00. The van der Waals surface area contributed by atoms with Gasteiger partial charge in [0.2, 0.25) is 0 Å². The molecule has 0 amide bonds. The number of hydrogen-bond acceptors (Lipinski definition) is 6. The molecule has 1 saturated heterocycles. The second kappa shape index (κ2) is 6.42. The Balaban J connectivity index is 2.49. The van der Waals surface area contributed by atoms with Crippen LogP contribution in [0, 0.1) is 0 Å². The van der Waals surface area contributed by atoms with Crippen LogP contribution in [0.3, 0.4) is 0 Å². The molecule has 18 heavy (non-hydrogen) atoms. The standard InChI is InChI=1S/C11H24O6Si/c1-18(2,3)5-4-16-11-10(15)9(14)8(13)7(6-12)17-11/h7-15H,4-6H2,1-3H3/t7?,8-,9?,10?,11+/m0/s1. The zero-order chi connectivity index (χ0) is 13.9. The molecule has 0 aliphatic carbocycles. The fourth-order valence-electron chi connectivity index (χ4n) is 1.69. The van der Waals surface area contributed by atoms with E-state index in [2.05, 4.69) is 19.6 Å². The summed E-state index contributed by atoms with van der Waals surface area (Å²) in [6, 6.07) is 0.905. The molecule has 6 nitrogen and oxygen atoms in total. The van der Waals surface area contributed by atoms with Gasteiger partial charge < -0.3 is 29.9 Å². The van der Waals surface area contributed by atoms with Crippen LogP contribution in [-0.4, -0.2) is 72.4 Å². The van der Waals surface area contributed by atoms with Gasteiger partial charge in [0.15, 0.2) is 6.29 Å². The van der Waals surface area contributed by atoms with Crippen molar-refractivity contribution in [3.8, 4) is 0 Å². The molecule has 0 saturated carbocycles. The molecule has 1 aliphatic rings. The molecule has 7 heteroatoms. The van der Waals surface area contributed by atoms with E-state index < -0.39 is 45.4 Å². The molecule has 1 fully saturated rings. The molecule has 0 aromatic carbocycles. The first-order valence-corrected chi connectivity index (χ1v) is 9.89. The lowest BCUT2D eigenvalue weighted by Crippen LogP contribution is -2.59. The fourth-order valence-corrected chi connectivity index (χ4v) is 2.42. The van der Waals surface area contributed by atoms with E-state index >= 15 is 0 Å². The van der Waals surface area contributed by atoms with Gasteiger partial charge in [-0.3, -0.25) is 0 Å². The first-order chi connectivity index (χ1) is 8.26.